The minimum absolute atomic E-state index is 0.0261. The first-order chi connectivity index (χ1) is 7.46. The van der Waals surface area contributed by atoms with Crippen molar-refractivity contribution in [1.82, 2.24) is 0 Å². The second-order valence-electron chi connectivity index (χ2n) is 3.26. The number of hydrogen-bond donors (Lipinski definition) is 2. The largest absolute Gasteiger partial charge is 0.524 e. The van der Waals surface area contributed by atoms with Gasteiger partial charge in [-0.3, -0.25) is 14.6 Å². The quantitative estimate of drug-likeness (QED) is 0.757. The lowest BCUT2D eigenvalue weighted by Crippen LogP contribution is -2.15. The van der Waals surface area contributed by atoms with E-state index in [9.17, 15) is 9.36 Å². The van der Waals surface area contributed by atoms with E-state index in [0.29, 0.717) is 17.7 Å². The molecule has 0 fully saturated rings. The predicted molar refractivity (Wildman–Crippen MR) is 53.6 cm³/mol. The van der Waals surface area contributed by atoms with E-state index >= 15 is 0 Å². The third kappa shape index (κ3) is 2.41. The summed E-state index contributed by atoms with van der Waals surface area (Å²) in [6.07, 6.45) is 0.311. The number of rotatable bonds is 2. The zero-order chi connectivity index (χ0) is 11.8. The van der Waals surface area contributed by atoms with Gasteiger partial charge < -0.3 is 9.26 Å². The maximum absolute atomic E-state index is 11.4. The van der Waals surface area contributed by atoms with Crippen LogP contribution in [0.15, 0.2) is 18.2 Å². The van der Waals surface area contributed by atoms with E-state index in [1.54, 1.807) is 0 Å². The van der Waals surface area contributed by atoms with Crippen LogP contribution in [0.4, 0.5) is 0 Å². The lowest BCUT2D eigenvalue weighted by Gasteiger charge is -2.17. The summed E-state index contributed by atoms with van der Waals surface area (Å²) in [5.74, 6) is 0.216. The fourth-order valence-electron chi connectivity index (χ4n) is 1.43. The molecule has 0 radical (unpaired) electrons. The first-order valence-corrected chi connectivity index (χ1v) is 6.04. The first-order valence-electron chi connectivity index (χ1n) is 4.51. The Bertz CT molecular complexity index is 477. The third-order valence-electron chi connectivity index (χ3n) is 2.06. The van der Waals surface area contributed by atoms with Gasteiger partial charge in [0.15, 0.2) is 5.78 Å². The monoisotopic (exact) mass is 244 g/mol. The van der Waals surface area contributed by atoms with Gasteiger partial charge in [-0.25, -0.2) is 4.57 Å². The molecule has 0 aromatic heterocycles. The van der Waals surface area contributed by atoms with Gasteiger partial charge in [-0.1, -0.05) is 0 Å². The number of Topliss-reactive ketones (excluding diaryl/α,β-unsaturated/α-hetero) is 1. The van der Waals surface area contributed by atoms with Crippen LogP contribution in [-0.4, -0.2) is 22.2 Å². The normalized spacial score (nSPS) is 15.2. The molecular weight excluding hydrogens is 235 g/mol. The molecule has 0 bridgehead atoms. The third-order valence-corrected chi connectivity index (χ3v) is 2.51. The molecule has 0 atom stereocenters. The van der Waals surface area contributed by atoms with Crippen molar-refractivity contribution < 1.29 is 28.4 Å². The van der Waals surface area contributed by atoms with Gasteiger partial charge in [0.05, 0.1) is 12.2 Å². The van der Waals surface area contributed by atoms with Crippen LogP contribution < -0.4 is 9.26 Å². The molecule has 86 valence electrons. The van der Waals surface area contributed by atoms with Crippen LogP contribution in [0.1, 0.15) is 16.8 Å². The van der Waals surface area contributed by atoms with Crippen molar-refractivity contribution in [3.8, 4) is 11.5 Å². The Morgan fingerprint density at radius 3 is 2.81 bits per heavy atom. The molecule has 6 nitrogen and oxygen atoms in total. The lowest BCUT2D eigenvalue weighted by atomic mass is 10.1. The van der Waals surface area contributed by atoms with Gasteiger partial charge >= 0.3 is 7.82 Å². The second kappa shape index (κ2) is 3.90. The van der Waals surface area contributed by atoms with Crippen molar-refractivity contribution in [3.05, 3.63) is 23.8 Å². The maximum atomic E-state index is 11.4. The van der Waals surface area contributed by atoms with Crippen LogP contribution in [0.2, 0.25) is 0 Å². The smallest absolute Gasteiger partial charge is 0.492 e. The highest BCUT2D eigenvalue weighted by Gasteiger charge is 2.21. The number of carbonyl (C=O) groups is 1. The summed E-state index contributed by atoms with van der Waals surface area (Å²) in [4.78, 5) is 28.6. The number of ether oxygens (including phenoxy) is 1. The van der Waals surface area contributed by atoms with E-state index in [-0.39, 0.29) is 18.1 Å². The number of phosphoric acid groups is 1. The number of fused-ring (bicyclic) bond motifs is 1. The van der Waals surface area contributed by atoms with Gasteiger partial charge in [-0.15, -0.1) is 0 Å². The van der Waals surface area contributed by atoms with Crippen LogP contribution in [0.25, 0.3) is 0 Å². The van der Waals surface area contributed by atoms with Gasteiger partial charge in [0.1, 0.15) is 11.5 Å². The fourth-order valence-corrected chi connectivity index (χ4v) is 1.82. The van der Waals surface area contributed by atoms with Crippen LogP contribution in [0.5, 0.6) is 11.5 Å². The molecule has 0 amide bonds. The highest BCUT2D eigenvalue weighted by atomic mass is 31.2. The number of ketones is 1. The Kier molecular flexibility index (Phi) is 2.71. The number of phosphoric ester groups is 1. The van der Waals surface area contributed by atoms with Crippen LogP contribution >= 0.6 is 7.82 Å². The summed E-state index contributed by atoms with van der Waals surface area (Å²) in [5.41, 5.74) is 0.407. The Morgan fingerprint density at radius 2 is 2.12 bits per heavy atom. The zero-order valence-electron chi connectivity index (χ0n) is 8.12. The zero-order valence-corrected chi connectivity index (χ0v) is 9.02. The van der Waals surface area contributed by atoms with E-state index in [4.69, 9.17) is 14.5 Å². The van der Waals surface area contributed by atoms with Crippen LogP contribution in [-0.2, 0) is 4.57 Å². The van der Waals surface area contributed by atoms with Gasteiger partial charge in [-0.05, 0) is 12.1 Å². The van der Waals surface area contributed by atoms with Crippen molar-refractivity contribution in [1.29, 1.82) is 0 Å². The van der Waals surface area contributed by atoms with E-state index < -0.39 is 7.82 Å². The fraction of sp³-hybridized carbons (Fsp3) is 0.222. The standard InChI is InChI=1S/C9H9O6P/c10-8-3-4-14-9-5-6(1-2-7(8)9)15-16(11,12)13/h1-2,5H,3-4H2,(H2,11,12,13). The summed E-state index contributed by atoms with van der Waals surface area (Å²) < 4.78 is 20.2. The van der Waals surface area contributed by atoms with Crippen molar-refractivity contribution in [2.45, 2.75) is 6.42 Å². The van der Waals surface area contributed by atoms with Gasteiger partial charge in [-0.2, -0.15) is 0 Å². The number of benzene rings is 1. The molecule has 1 aromatic rings. The van der Waals surface area contributed by atoms with Gasteiger partial charge in [0.25, 0.3) is 0 Å². The molecule has 16 heavy (non-hydrogen) atoms. The highest BCUT2D eigenvalue weighted by molar-refractivity contribution is 7.46. The minimum Gasteiger partial charge on any atom is -0.492 e. The predicted octanol–water partition coefficient (Wildman–Crippen LogP) is 1.12. The summed E-state index contributed by atoms with van der Waals surface area (Å²) in [6, 6.07) is 4.05. The van der Waals surface area contributed by atoms with Crippen molar-refractivity contribution in [2.24, 2.45) is 0 Å². The summed E-state index contributed by atoms with van der Waals surface area (Å²) >= 11 is 0. The maximum Gasteiger partial charge on any atom is 0.524 e. The Balaban J connectivity index is 2.32. The van der Waals surface area contributed by atoms with E-state index in [0.717, 1.165) is 0 Å². The molecular formula is C9H9O6P. The molecule has 0 aliphatic carbocycles. The molecule has 1 aliphatic heterocycles. The van der Waals surface area contributed by atoms with Crippen molar-refractivity contribution >= 4 is 13.6 Å². The first kappa shape index (κ1) is 11.1. The molecule has 2 rings (SSSR count). The average Bonchev–Trinajstić information content (AvgIpc) is 2.15. The van der Waals surface area contributed by atoms with E-state index in [1.165, 1.54) is 18.2 Å². The molecule has 0 unspecified atom stereocenters. The number of carbonyl (C=O) groups excluding carboxylic acids is 1. The second-order valence-corrected chi connectivity index (χ2v) is 4.43. The van der Waals surface area contributed by atoms with Crippen LogP contribution in [0, 0.1) is 0 Å². The summed E-state index contributed by atoms with van der Waals surface area (Å²) in [5, 5.41) is 0. The Hall–Kier alpha value is -1.36. The summed E-state index contributed by atoms with van der Waals surface area (Å²) in [6.45, 7) is 0.269. The van der Waals surface area contributed by atoms with Crippen LogP contribution in [0.3, 0.4) is 0 Å². The Morgan fingerprint density at radius 1 is 1.38 bits per heavy atom. The van der Waals surface area contributed by atoms with Gasteiger partial charge in [0.2, 0.25) is 0 Å². The SMILES string of the molecule is O=C1CCOc2cc(OP(=O)(O)O)ccc21. The van der Waals surface area contributed by atoms with E-state index in [2.05, 4.69) is 4.52 Å². The van der Waals surface area contributed by atoms with Crippen molar-refractivity contribution in [2.75, 3.05) is 6.61 Å². The van der Waals surface area contributed by atoms with E-state index in [1.807, 2.05) is 0 Å². The van der Waals surface area contributed by atoms with Gasteiger partial charge in [0, 0.05) is 12.5 Å². The minimum atomic E-state index is -4.58. The molecule has 1 aromatic carbocycles. The molecule has 1 aliphatic rings. The highest BCUT2D eigenvalue weighted by Crippen LogP contribution is 2.39. The number of hydrogen-bond acceptors (Lipinski definition) is 4. The molecule has 7 heteroatoms. The topological polar surface area (TPSA) is 93.1 Å². The summed E-state index contributed by atoms with van der Waals surface area (Å²) in [7, 11) is -4.58. The Labute approximate surface area is 91.0 Å². The molecule has 1 heterocycles. The molecule has 0 saturated carbocycles. The van der Waals surface area contributed by atoms with Crippen molar-refractivity contribution in [3.63, 3.8) is 0 Å². The lowest BCUT2D eigenvalue weighted by molar-refractivity contribution is 0.0933. The average molecular weight is 244 g/mol. The molecule has 2 N–H and O–H groups in total. The molecule has 0 saturated heterocycles. The molecule has 0 spiro atoms.